The molecule has 3 rings (SSSR count). The number of nitrogens with zero attached hydrogens (tertiary/aromatic N) is 1. The SMILES string of the molecule is CC(=O)Nc1ccc(CC(=O)Nc2nc(-c3cccs3)cs2)cc1. The zero-order valence-electron chi connectivity index (χ0n) is 12.9. The molecule has 0 spiro atoms. The van der Waals surface area contributed by atoms with Gasteiger partial charge >= 0.3 is 0 Å². The second kappa shape index (κ2) is 7.37. The molecule has 0 atom stereocenters. The average molecular weight is 357 g/mol. The van der Waals surface area contributed by atoms with E-state index >= 15 is 0 Å². The van der Waals surface area contributed by atoms with Crippen molar-refractivity contribution in [3.05, 3.63) is 52.7 Å². The number of hydrogen-bond acceptors (Lipinski definition) is 5. The van der Waals surface area contributed by atoms with Gasteiger partial charge in [0.1, 0.15) is 0 Å². The topological polar surface area (TPSA) is 71.1 Å². The first-order valence-electron chi connectivity index (χ1n) is 7.26. The number of anilines is 2. The first-order chi connectivity index (χ1) is 11.6. The van der Waals surface area contributed by atoms with Crippen molar-refractivity contribution in [3.8, 4) is 10.6 Å². The number of aromatic nitrogens is 1. The van der Waals surface area contributed by atoms with E-state index < -0.39 is 0 Å². The fraction of sp³-hybridized carbons (Fsp3) is 0.118. The number of carbonyl (C=O) groups excluding carboxylic acids is 2. The van der Waals surface area contributed by atoms with Gasteiger partial charge in [0.25, 0.3) is 0 Å². The smallest absolute Gasteiger partial charge is 0.230 e. The highest BCUT2D eigenvalue weighted by atomic mass is 32.1. The van der Waals surface area contributed by atoms with E-state index in [0.29, 0.717) is 10.8 Å². The van der Waals surface area contributed by atoms with Crippen molar-refractivity contribution < 1.29 is 9.59 Å². The Morgan fingerprint density at radius 3 is 2.54 bits per heavy atom. The summed E-state index contributed by atoms with van der Waals surface area (Å²) in [5.41, 5.74) is 2.47. The minimum Gasteiger partial charge on any atom is -0.326 e. The van der Waals surface area contributed by atoms with Crippen LogP contribution in [0.1, 0.15) is 12.5 Å². The summed E-state index contributed by atoms with van der Waals surface area (Å²) in [4.78, 5) is 28.6. The number of hydrogen-bond donors (Lipinski definition) is 2. The largest absolute Gasteiger partial charge is 0.326 e. The molecular formula is C17H15N3O2S2. The van der Waals surface area contributed by atoms with Gasteiger partial charge in [-0.15, -0.1) is 22.7 Å². The lowest BCUT2D eigenvalue weighted by Gasteiger charge is -2.05. The van der Waals surface area contributed by atoms with Crippen LogP contribution in [0.15, 0.2) is 47.2 Å². The van der Waals surface area contributed by atoms with Gasteiger partial charge < -0.3 is 10.6 Å². The third kappa shape index (κ3) is 4.27. The molecule has 122 valence electrons. The summed E-state index contributed by atoms with van der Waals surface area (Å²) in [6, 6.07) is 11.2. The monoisotopic (exact) mass is 357 g/mol. The van der Waals surface area contributed by atoms with Gasteiger partial charge in [-0.3, -0.25) is 9.59 Å². The molecule has 0 radical (unpaired) electrons. The van der Waals surface area contributed by atoms with Gasteiger partial charge in [-0.2, -0.15) is 0 Å². The highest BCUT2D eigenvalue weighted by Crippen LogP contribution is 2.28. The van der Waals surface area contributed by atoms with Crippen LogP contribution in [0, 0.1) is 0 Å². The number of nitrogens with one attached hydrogen (secondary N) is 2. The first kappa shape index (κ1) is 16.4. The zero-order chi connectivity index (χ0) is 16.9. The molecule has 0 aliphatic carbocycles. The molecule has 0 aliphatic heterocycles. The lowest BCUT2D eigenvalue weighted by Crippen LogP contribution is -2.14. The van der Waals surface area contributed by atoms with Crippen LogP contribution in [0.3, 0.4) is 0 Å². The van der Waals surface area contributed by atoms with Gasteiger partial charge in [0, 0.05) is 18.0 Å². The molecular weight excluding hydrogens is 342 g/mol. The lowest BCUT2D eigenvalue weighted by atomic mass is 10.1. The van der Waals surface area contributed by atoms with E-state index in [-0.39, 0.29) is 18.2 Å². The molecule has 5 nitrogen and oxygen atoms in total. The van der Waals surface area contributed by atoms with Gasteiger partial charge in [-0.1, -0.05) is 18.2 Å². The van der Waals surface area contributed by atoms with Gasteiger partial charge in [-0.05, 0) is 29.1 Å². The van der Waals surface area contributed by atoms with E-state index in [2.05, 4.69) is 15.6 Å². The number of carbonyl (C=O) groups is 2. The maximum absolute atomic E-state index is 12.1. The van der Waals surface area contributed by atoms with Crippen LogP contribution >= 0.6 is 22.7 Å². The Morgan fingerprint density at radius 1 is 1.08 bits per heavy atom. The summed E-state index contributed by atoms with van der Waals surface area (Å²) in [5, 5.41) is 10.0. The molecule has 0 unspecified atom stereocenters. The van der Waals surface area contributed by atoms with Crippen molar-refractivity contribution in [2.75, 3.05) is 10.6 Å². The molecule has 1 aromatic carbocycles. The van der Waals surface area contributed by atoms with Crippen molar-refractivity contribution in [3.63, 3.8) is 0 Å². The van der Waals surface area contributed by atoms with Crippen LogP contribution in [-0.4, -0.2) is 16.8 Å². The van der Waals surface area contributed by atoms with Crippen molar-refractivity contribution in [2.24, 2.45) is 0 Å². The molecule has 7 heteroatoms. The van der Waals surface area contributed by atoms with Crippen LogP contribution < -0.4 is 10.6 Å². The molecule has 2 amide bonds. The molecule has 0 saturated heterocycles. The number of benzene rings is 1. The van der Waals surface area contributed by atoms with Crippen molar-refractivity contribution in [1.82, 2.24) is 4.98 Å². The lowest BCUT2D eigenvalue weighted by molar-refractivity contribution is -0.116. The van der Waals surface area contributed by atoms with Crippen LogP contribution in [0.5, 0.6) is 0 Å². The fourth-order valence-corrected chi connectivity index (χ4v) is 3.61. The van der Waals surface area contributed by atoms with Crippen LogP contribution in [-0.2, 0) is 16.0 Å². The molecule has 0 saturated carbocycles. The Bertz CT molecular complexity index is 839. The molecule has 2 N–H and O–H groups in total. The van der Waals surface area contributed by atoms with Crippen LogP contribution in [0.4, 0.5) is 10.8 Å². The standard InChI is InChI=1S/C17H15N3O2S2/c1-11(21)18-13-6-4-12(5-7-13)9-16(22)20-17-19-14(10-24-17)15-3-2-8-23-15/h2-8,10H,9H2,1H3,(H,18,21)(H,19,20,22). The van der Waals surface area contributed by atoms with E-state index in [0.717, 1.165) is 16.1 Å². The number of rotatable bonds is 5. The predicted octanol–water partition coefficient (Wildman–Crippen LogP) is 4.01. The van der Waals surface area contributed by atoms with Crippen LogP contribution in [0.25, 0.3) is 10.6 Å². The molecule has 24 heavy (non-hydrogen) atoms. The maximum Gasteiger partial charge on any atom is 0.230 e. The predicted molar refractivity (Wildman–Crippen MR) is 98.5 cm³/mol. The quantitative estimate of drug-likeness (QED) is 0.725. The maximum atomic E-state index is 12.1. The van der Waals surface area contributed by atoms with E-state index in [1.807, 2.05) is 35.0 Å². The van der Waals surface area contributed by atoms with E-state index in [4.69, 9.17) is 0 Å². The Kier molecular flexibility index (Phi) is 5.02. The van der Waals surface area contributed by atoms with Crippen molar-refractivity contribution in [1.29, 1.82) is 0 Å². The summed E-state index contributed by atoms with van der Waals surface area (Å²) < 4.78 is 0. The molecule has 2 aromatic heterocycles. The molecule has 2 heterocycles. The van der Waals surface area contributed by atoms with E-state index in [1.165, 1.54) is 18.3 Å². The second-order valence-corrected chi connectivity index (χ2v) is 6.92. The Morgan fingerprint density at radius 2 is 1.88 bits per heavy atom. The minimum absolute atomic E-state index is 0.116. The normalized spacial score (nSPS) is 10.4. The molecule has 0 bridgehead atoms. The highest BCUT2D eigenvalue weighted by Gasteiger charge is 2.09. The van der Waals surface area contributed by atoms with E-state index in [9.17, 15) is 9.59 Å². The summed E-state index contributed by atoms with van der Waals surface area (Å²) in [5.74, 6) is -0.236. The molecule has 3 aromatic rings. The molecule has 0 fully saturated rings. The summed E-state index contributed by atoms with van der Waals surface area (Å²) in [6.07, 6.45) is 0.258. The van der Waals surface area contributed by atoms with Crippen molar-refractivity contribution in [2.45, 2.75) is 13.3 Å². The summed E-state index contributed by atoms with van der Waals surface area (Å²) in [7, 11) is 0. The number of thiophene rings is 1. The average Bonchev–Trinajstić information content (AvgIpc) is 3.19. The Labute approximate surface area is 147 Å². The third-order valence-electron chi connectivity index (χ3n) is 3.16. The first-order valence-corrected chi connectivity index (χ1v) is 9.02. The van der Waals surface area contributed by atoms with Gasteiger partial charge in [0.15, 0.2) is 5.13 Å². The Balaban J connectivity index is 1.58. The number of thiazole rings is 1. The molecule has 0 aliphatic rings. The van der Waals surface area contributed by atoms with Gasteiger partial charge in [0.2, 0.25) is 11.8 Å². The van der Waals surface area contributed by atoms with Crippen molar-refractivity contribution >= 4 is 45.3 Å². The minimum atomic E-state index is -0.120. The Hall–Kier alpha value is -2.51. The zero-order valence-corrected chi connectivity index (χ0v) is 14.5. The summed E-state index contributed by atoms with van der Waals surface area (Å²) in [6.45, 7) is 1.46. The highest BCUT2D eigenvalue weighted by molar-refractivity contribution is 7.16. The number of amides is 2. The van der Waals surface area contributed by atoms with E-state index in [1.54, 1.807) is 23.5 Å². The fourth-order valence-electron chi connectivity index (χ4n) is 2.13. The second-order valence-electron chi connectivity index (χ2n) is 5.12. The third-order valence-corrected chi connectivity index (χ3v) is 4.81. The van der Waals surface area contributed by atoms with Crippen LogP contribution in [0.2, 0.25) is 0 Å². The van der Waals surface area contributed by atoms with Gasteiger partial charge in [0.05, 0.1) is 17.0 Å². The van der Waals surface area contributed by atoms with Gasteiger partial charge in [-0.25, -0.2) is 4.98 Å². The summed E-state index contributed by atoms with van der Waals surface area (Å²) >= 11 is 3.03.